The summed E-state index contributed by atoms with van der Waals surface area (Å²) in [6, 6.07) is 10.9. The second-order valence-electron chi connectivity index (χ2n) is 5.57. The first-order valence-corrected chi connectivity index (χ1v) is 7.57. The molecule has 0 saturated carbocycles. The van der Waals surface area contributed by atoms with E-state index in [1.165, 1.54) is 0 Å². The highest BCUT2D eigenvalue weighted by atomic mass is 16.5. The van der Waals surface area contributed by atoms with Crippen molar-refractivity contribution in [2.45, 2.75) is 12.5 Å². The molecule has 3 rings (SSSR count). The molecular weight excluding hydrogens is 294 g/mol. The van der Waals surface area contributed by atoms with Crippen LogP contribution in [0.4, 0.5) is 0 Å². The Hall–Kier alpha value is -2.24. The second-order valence-corrected chi connectivity index (χ2v) is 5.57. The van der Waals surface area contributed by atoms with Crippen molar-refractivity contribution in [1.29, 1.82) is 0 Å². The first-order valence-electron chi connectivity index (χ1n) is 7.57. The molecule has 0 bridgehead atoms. The molecule has 2 aromatic rings. The van der Waals surface area contributed by atoms with E-state index < -0.39 is 0 Å². The van der Waals surface area contributed by atoms with Crippen LogP contribution < -0.4 is 9.47 Å². The first kappa shape index (κ1) is 15.6. The standard InChI is InChI=1S/C18H21NO4/c1-22-16-9-12-7-8-19(11-20)18(14(12)10-17(16)23-2)13-5-3-4-6-15(13)21/h3-6,9-10,18,20-21H,7-8,11H2,1-2H3. The Bertz CT molecular complexity index is 701. The number of aliphatic hydroxyl groups excluding tert-OH is 1. The zero-order chi connectivity index (χ0) is 16.4. The molecule has 0 spiro atoms. The molecule has 0 radical (unpaired) electrons. The average Bonchev–Trinajstić information content (AvgIpc) is 2.60. The third-order valence-electron chi connectivity index (χ3n) is 4.39. The van der Waals surface area contributed by atoms with Crippen molar-refractivity contribution < 1.29 is 19.7 Å². The van der Waals surface area contributed by atoms with Crippen LogP contribution in [-0.2, 0) is 6.42 Å². The highest BCUT2D eigenvalue weighted by Crippen LogP contribution is 2.42. The van der Waals surface area contributed by atoms with Gasteiger partial charge >= 0.3 is 0 Å². The molecule has 1 heterocycles. The Morgan fingerprint density at radius 1 is 1.09 bits per heavy atom. The fourth-order valence-electron chi connectivity index (χ4n) is 3.23. The van der Waals surface area contributed by atoms with E-state index in [0.717, 1.165) is 23.1 Å². The summed E-state index contributed by atoms with van der Waals surface area (Å²) in [4.78, 5) is 1.93. The number of fused-ring (bicyclic) bond motifs is 1. The minimum absolute atomic E-state index is 0.0766. The van der Waals surface area contributed by atoms with Crippen LogP contribution in [-0.4, -0.2) is 42.6 Å². The van der Waals surface area contributed by atoms with Gasteiger partial charge in [0.15, 0.2) is 11.5 Å². The summed E-state index contributed by atoms with van der Waals surface area (Å²) in [5.74, 6) is 1.56. The smallest absolute Gasteiger partial charge is 0.161 e. The molecule has 0 fully saturated rings. The van der Waals surface area contributed by atoms with Crippen LogP contribution in [0.5, 0.6) is 17.2 Å². The topological polar surface area (TPSA) is 62.2 Å². The maximum absolute atomic E-state index is 10.3. The molecule has 0 aromatic heterocycles. The number of phenolic OH excluding ortho intramolecular Hbond substituents is 1. The van der Waals surface area contributed by atoms with Gasteiger partial charge in [-0.05, 0) is 35.7 Å². The van der Waals surface area contributed by atoms with Gasteiger partial charge < -0.3 is 19.7 Å². The highest BCUT2D eigenvalue weighted by Gasteiger charge is 2.31. The molecule has 0 aliphatic carbocycles. The number of ether oxygens (including phenoxy) is 2. The monoisotopic (exact) mass is 315 g/mol. The van der Waals surface area contributed by atoms with Crippen molar-refractivity contribution in [3.63, 3.8) is 0 Å². The summed E-state index contributed by atoms with van der Waals surface area (Å²) in [7, 11) is 3.22. The summed E-state index contributed by atoms with van der Waals surface area (Å²) in [6.07, 6.45) is 0.806. The minimum atomic E-state index is -0.218. The SMILES string of the molecule is COc1cc2c(cc1OC)C(c1ccccc1O)N(CO)CC2. The molecule has 23 heavy (non-hydrogen) atoms. The number of methoxy groups -OCH3 is 2. The summed E-state index contributed by atoms with van der Waals surface area (Å²) in [6.45, 7) is 0.630. The lowest BCUT2D eigenvalue weighted by Gasteiger charge is -2.37. The van der Waals surface area contributed by atoms with Crippen molar-refractivity contribution in [3.05, 3.63) is 53.1 Å². The Kier molecular flexibility index (Phi) is 4.41. The molecule has 0 saturated heterocycles. The van der Waals surface area contributed by atoms with Crippen LogP contribution in [0.1, 0.15) is 22.7 Å². The van der Waals surface area contributed by atoms with Crippen LogP contribution in [0.3, 0.4) is 0 Å². The van der Waals surface area contributed by atoms with Crippen LogP contribution in [0, 0.1) is 0 Å². The van der Waals surface area contributed by atoms with E-state index in [4.69, 9.17) is 9.47 Å². The van der Waals surface area contributed by atoms with Gasteiger partial charge in [0.05, 0.1) is 27.0 Å². The van der Waals surface area contributed by atoms with Crippen molar-refractivity contribution >= 4 is 0 Å². The molecular formula is C18H21NO4. The first-order chi connectivity index (χ1) is 11.2. The lowest BCUT2D eigenvalue weighted by Crippen LogP contribution is -2.36. The van der Waals surface area contributed by atoms with Crippen molar-refractivity contribution in [1.82, 2.24) is 4.90 Å². The van der Waals surface area contributed by atoms with E-state index in [1.54, 1.807) is 26.4 Å². The molecule has 1 unspecified atom stereocenters. The van der Waals surface area contributed by atoms with Crippen LogP contribution >= 0.6 is 0 Å². The fraction of sp³-hybridized carbons (Fsp3) is 0.333. The lowest BCUT2D eigenvalue weighted by molar-refractivity contribution is 0.0746. The Morgan fingerprint density at radius 3 is 2.43 bits per heavy atom. The zero-order valence-corrected chi connectivity index (χ0v) is 13.3. The van der Waals surface area contributed by atoms with Gasteiger partial charge in [-0.15, -0.1) is 0 Å². The third-order valence-corrected chi connectivity index (χ3v) is 4.39. The van der Waals surface area contributed by atoms with Crippen LogP contribution in [0.25, 0.3) is 0 Å². The average molecular weight is 315 g/mol. The normalized spacial score (nSPS) is 17.6. The van der Waals surface area contributed by atoms with Gasteiger partial charge in [-0.2, -0.15) is 0 Å². The molecule has 1 aliphatic rings. The molecule has 2 aromatic carbocycles. The third kappa shape index (κ3) is 2.73. The Balaban J connectivity index is 2.17. The van der Waals surface area contributed by atoms with Gasteiger partial charge in [0.1, 0.15) is 5.75 Å². The number of aliphatic hydroxyl groups is 1. The molecule has 5 heteroatoms. The van der Waals surface area contributed by atoms with Gasteiger partial charge in [-0.1, -0.05) is 18.2 Å². The van der Waals surface area contributed by atoms with Crippen LogP contribution in [0.15, 0.2) is 36.4 Å². The number of hydrogen-bond donors (Lipinski definition) is 2. The maximum Gasteiger partial charge on any atom is 0.161 e. The molecule has 2 N–H and O–H groups in total. The number of para-hydroxylation sites is 1. The predicted octanol–water partition coefficient (Wildman–Crippen LogP) is 2.31. The number of phenols is 1. The van der Waals surface area contributed by atoms with Gasteiger partial charge in [-0.3, -0.25) is 4.90 Å². The number of benzene rings is 2. The molecule has 122 valence electrons. The van der Waals surface area contributed by atoms with Gasteiger partial charge in [0, 0.05) is 12.1 Å². The van der Waals surface area contributed by atoms with E-state index in [9.17, 15) is 10.2 Å². The molecule has 1 atom stereocenters. The Morgan fingerprint density at radius 2 is 1.78 bits per heavy atom. The fourth-order valence-corrected chi connectivity index (χ4v) is 3.23. The number of rotatable bonds is 4. The van der Waals surface area contributed by atoms with Crippen molar-refractivity contribution in [2.75, 3.05) is 27.5 Å². The van der Waals surface area contributed by atoms with E-state index in [2.05, 4.69) is 0 Å². The maximum atomic E-state index is 10.3. The summed E-state index contributed by atoms with van der Waals surface area (Å²) < 4.78 is 10.8. The molecule has 0 amide bonds. The van der Waals surface area contributed by atoms with Crippen LogP contribution in [0.2, 0.25) is 0 Å². The largest absolute Gasteiger partial charge is 0.508 e. The summed E-state index contributed by atoms with van der Waals surface area (Å²) in [5.41, 5.74) is 2.93. The minimum Gasteiger partial charge on any atom is -0.508 e. The number of aromatic hydroxyl groups is 1. The van der Waals surface area contributed by atoms with E-state index >= 15 is 0 Å². The zero-order valence-electron chi connectivity index (χ0n) is 13.3. The predicted molar refractivity (Wildman–Crippen MR) is 87.0 cm³/mol. The van der Waals surface area contributed by atoms with Gasteiger partial charge in [0.2, 0.25) is 0 Å². The van der Waals surface area contributed by atoms with Crippen molar-refractivity contribution in [2.24, 2.45) is 0 Å². The summed E-state index contributed by atoms with van der Waals surface area (Å²) in [5, 5.41) is 20.0. The molecule has 1 aliphatic heterocycles. The van der Waals surface area contributed by atoms with Gasteiger partial charge in [0.25, 0.3) is 0 Å². The lowest BCUT2D eigenvalue weighted by atomic mass is 9.87. The Labute approximate surface area is 135 Å². The molecule has 5 nitrogen and oxygen atoms in total. The quantitative estimate of drug-likeness (QED) is 0.906. The second kappa shape index (κ2) is 6.48. The number of nitrogens with zero attached hydrogens (tertiary/aromatic N) is 1. The number of hydrogen-bond acceptors (Lipinski definition) is 5. The van der Waals surface area contributed by atoms with E-state index in [-0.39, 0.29) is 18.5 Å². The van der Waals surface area contributed by atoms with Crippen molar-refractivity contribution in [3.8, 4) is 17.2 Å². The van der Waals surface area contributed by atoms with Gasteiger partial charge in [-0.25, -0.2) is 0 Å². The van der Waals surface area contributed by atoms with E-state index in [1.807, 2.05) is 29.2 Å². The highest BCUT2D eigenvalue weighted by molar-refractivity contribution is 5.53. The summed E-state index contributed by atoms with van der Waals surface area (Å²) >= 11 is 0. The van der Waals surface area contributed by atoms with E-state index in [0.29, 0.717) is 18.0 Å².